The third-order valence-corrected chi connectivity index (χ3v) is 1.16. The van der Waals surface area contributed by atoms with Crippen LogP contribution in [0.5, 0.6) is 0 Å². The lowest BCUT2D eigenvalue weighted by Gasteiger charge is -1.83. The molecule has 0 unspecified atom stereocenters. The molecule has 0 bridgehead atoms. The number of imidazole rings is 1. The lowest BCUT2D eigenvalue weighted by atomic mass is 10.6. The van der Waals surface area contributed by atoms with Gasteiger partial charge >= 0.3 is 0 Å². The average Bonchev–Trinajstić information content (AvgIpc) is 2.17. The van der Waals surface area contributed by atoms with Gasteiger partial charge in [-0.25, -0.2) is 9.13 Å². The third-order valence-electron chi connectivity index (χ3n) is 1.16. The largest absolute Gasteiger partial charge is 0.243 e. The summed E-state index contributed by atoms with van der Waals surface area (Å²) in [6.07, 6.45) is 7.91. The third kappa shape index (κ3) is 4.37. The Morgan fingerprint density at radius 2 is 2.18 bits per heavy atom. The molecule has 0 N–H and O–H groups in total. The molecule has 1 heterocycles. The van der Waals surface area contributed by atoms with Crippen LogP contribution in [0.1, 0.15) is 0 Å². The van der Waals surface area contributed by atoms with Crippen molar-refractivity contribution in [3.05, 3.63) is 31.4 Å². The molecule has 11 heavy (non-hydrogen) atoms. The van der Waals surface area contributed by atoms with E-state index in [4.69, 9.17) is 0 Å². The molecule has 0 amide bonds. The normalized spacial score (nSPS) is 7.73. The lowest BCUT2D eigenvalue weighted by molar-refractivity contribution is -0.671. The summed E-state index contributed by atoms with van der Waals surface area (Å²) in [6.45, 7) is 4.52. The Balaban J connectivity index is 0. The van der Waals surface area contributed by atoms with Crippen molar-refractivity contribution in [3.63, 3.8) is 0 Å². The molecular formula is C7H13Br2N2+. The summed E-state index contributed by atoms with van der Waals surface area (Å²) >= 11 is 0. The van der Waals surface area contributed by atoms with Gasteiger partial charge in [-0.2, -0.15) is 0 Å². The van der Waals surface area contributed by atoms with E-state index < -0.39 is 0 Å². The topological polar surface area (TPSA) is 8.81 Å². The predicted octanol–water partition coefficient (Wildman–Crippen LogP) is 1.65. The fourth-order valence-electron chi connectivity index (χ4n) is 0.759. The van der Waals surface area contributed by atoms with Crippen molar-refractivity contribution in [1.29, 1.82) is 0 Å². The highest BCUT2D eigenvalue weighted by Crippen LogP contribution is 1.81. The molecule has 4 heteroatoms. The standard InChI is InChI=1S/C7H11N2.2BrH/c1-3-4-9-6-5-8(2)7-9;;/h3,5-7H,1,4H2,2H3;2*1H/q+1;;. The molecule has 0 fully saturated rings. The van der Waals surface area contributed by atoms with Gasteiger partial charge in [0.05, 0.1) is 7.05 Å². The summed E-state index contributed by atoms with van der Waals surface area (Å²) < 4.78 is 4.07. The zero-order chi connectivity index (χ0) is 6.69. The molecule has 0 saturated heterocycles. The second-order valence-electron chi connectivity index (χ2n) is 2.06. The molecule has 0 aromatic carbocycles. The van der Waals surface area contributed by atoms with Crippen LogP contribution in [-0.4, -0.2) is 4.57 Å². The zero-order valence-corrected chi connectivity index (χ0v) is 9.86. The molecule has 0 spiro atoms. The Morgan fingerprint density at radius 3 is 2.55 bits per heavy atom. The molecule has 1 aromatic heterocycles. The second-order valence-corrected chi connectivity index (χ2v) is 2.06. The van der Waals surface area contributed by atoms with Crippen LogP contribution >= 0.6 is 34.0 Å². The van der Waals surface area contributed by atoms with Crippen LogP contribution in [0.15, 0.2) is 31.4 Å². The molecule has 0 aliphatic heterocycles. The van der Waals surface area contributed by atoms with Crippen molar-refractivity contribution in [2.75, 3.05) is 0 Å². The molecule has 0 atom stereocenters. The van der Waals surface area contributed by atoms with E-state index >= 15 is 0 Å². The van der Waals surface area contributed by atoms with Gasteiger partial charge in [-0.15, -0.1) is 34.0 Å². The first-order valence-corrected chi connectivity index (χ1v) is 2.95. The summed E-state index contributed by atoms with van der Waals surface area (Å²) in [6, 6.07) is 0. The first-order valence-electron chi connectivity index (χ1n) is 2.95. The fourth-order valence-corrected chi connectivity index (χ4v) is 0.759. The number of aromatic nitrogens is 2. The van der Waals surface area contributed by atoms with E-state index in [0.717, 1.165) is 6.54 Å². The summed E-state index contributed by atoms with van der Waals surface area (Å²) in [5, 5.41) is 0. The number of halogens is 2. The molecule has 1 rings (SSSR count). The summed E-state index contributed by atoms with van der Waals surface area (Å²) in [4.78, 5) is 0. The highest BCUT2D eigenvalue weighted by atomic mass is 79.9. The molecular weight excluding hydrogens is 272 g/mol. The maximum absolute atomic E-state index is 3.64. The van der Waals surface area contributed by atoms with Crippen LogP contribution in [0, 0.1) is 0 Å². The van der Waals surface area contributed by atoms with E-state index in [0.29, 0.717) is 0 Å². The number of hydrogen-bond donors (Lipinski definition) is 0. The molecule has 2 nitrogen and oxygen atoms in total. The smallest absolute Gasteiger partial charge is 0.240 e. The Hall–Kier alpha value is -0.0900. The van der Waals surface area contributed by atoms with Crippen LogP contribution in [0.4, 0.5) is 0 Å². The van der Waals surface area contributed by atoms with Gasteiger partial charge in [0.25, 0.3) is 0 Å². The lowest BCUT2D eigenvalue weighted by Crippen LogP contribution is -2.23. The number of aryl methyl sites for hydroxylation is 1. The van der Waals surface area contributed by atoms with Crippen molar-refractivity contribution >= 4 is 34.0 Å². The quantitative estimate of drug-likeness (QED) is 0.577. The van der Waals surface area contributed by atoms with E-state index in [1.165, 1.54) is 0 Å². The maximum atomic E-state index is 3.64. The minimum absolute atomic E-state index is 0. The van der Waals surface area contributed by atoms with Gasteiger partial charge in [-0.1, -0.05) is 12.7 Å². The highest BCUT2D eigenvalue weighted by molar-refractivity contribution is 8.93. The monoisotopic (exact) mass is 283 g/mol. The van der Waals surface area contributed by atoms with E-state index in [2.05, 4.69) is 11.1 Å². The van der Waals surface area contributed by atoms with Crippen molar-refractivity contribution in [3.8, 4) is 0 Å². The Morgan fingerprint density at radius 1 is 1.55 bits per heavy atom. The molecule has 0 saturated carbocycles. The molecule has 64 valence electrons. The van der Waals surface area contributed by atoms with Crippen LogP contribution < -0.4 is 4.57 Å². The first kappa shape index (κ1) is 13.5. The fraction of sp³-hybridized carbons (Fsp3) is 0.286. The van der Waals surface area contributed by atoms with E-state index in [1.54, 1.807) is 0 Å². The first-order chi connectivity index (χ1) is 4.33. The van der Waals surface area contributed by atoms with Crippen LogP contribution in [0.25, 0.3) is 0 Å². The highest BCUT2D eigenvalue weighted by Gasteiger charge is 1.93. The van der Waals surface area contributed by atoms with Gasteiger partial charge in [0.15, 0.2) is 0 Å². The maximum Gasteiger partial charge on any atom is 0.243 e. The molecule has 1 aromatic rings. The number of nitrogens with zero attached hydrogens (tertiary/aromatic N) is 2. The Bertz CT molecular complexity index is 208. The van der Waals surface area contributed by atoms with Gasteiger partial charge < -0.3 is 0 Å². The van der Waals surface area contributed by atoms with Gasteiger partial charge in [0, 0.05) is 0 Å². The minimum Gasteiger partial charge on any atom is -0.240 e. The predicted molar refractivity (Wildman–Crippen MR) is 56.4 cm³/mol. The van der Waals surface area contributed by atoms with Crippen molar-refractivity contribution in [2.24, 2.45) is 7.05 Å². The second kappa shape index (κ2) is 6.61. The van der Waals surface area contributed by atoms with Crippen LogP contribution in [0.2, 0.25) is 0 Å². The van der Waals surface area contributed by atoms with E-state index in [1.807, 2.05) is 36.4 Å². The summed E-state index contributed by atoms with van der Waals surface area (Å²) in [7, 11) is 2.00. The number of rotatable bonds is 2. The van der Waals surface area contributed by atoms with Gasteiger partial charge in [-0.3, -0.25) is 0 Å². The van der Waals surface area contributed by atoms with Crippen molar-refractivity contribution < 1.29 is 4.57 Å². The van der Waals surface area contributed by atoms with Crippen molar-refractivity contribution in [2.45, 2.75) is 6.54 Å². The Labute approximate surface area is 88.1 Å². The van der Waals surface area contributed by atoms with Crippen LogP contribution in [0.3, 0.4) is 0 Å². The number of hydrogen-bond acceptors (Lipinski definition) is 0. The van der Waals surface area contributed by atoms with Gasteiger partial charge in [0.1, 0.15) is 18.9 Å². The molecule has 0 radical (unpaired) electrons. The average molecular weight is 285 g/mol. The van der Waals surface area contributed by atoms with Crippen LogP contribution in [-0.2, 0) is 13.6 Å². The summed E-state index contributed by atoms with van der Waals surface area (Å²) in [5.41, 5.74) is 0. The SMILES string of the molecule is Br.Br.C=CCn1cc[n+](C)c1. The minimum atomic E-state index is 0. The number of allylic oxidation sites excluding steroid dienone is 1. The van der Waals surface area contributed by atoms with Crippen molar-refractivity contribution in [1.82, 2.24) is 4.57 Å². The zero-order valence-electron chi connectivity index (χ0n) is 6.43. The summed E-state index contributed by atoms with van der Waals surface area (Å²) in [5.74, 6) is 0. The Kier molecular flexibility index (Phi) is 8.11. The van der Waals surface area contributed by atoms with Gasteiger partial charge in [-0.05, 0) is 0 Å². The molecule has 0 aliphatic carbocycles. The van der Waals surface area contributed by atoms with E-state index in [9.17, 15) is 0 Å². The van der Waals surface area contributed by atoms with E-state index in [-0.39, 0.29) is 34.0 Å². The molecule has 0 aliphatic rings. The van der Waals surface area contributed by atoms with Gasteiger partial charge in [0.2, 0.25) is 6.33 Å².